The summed E-state index contributed by atoms with van der Waals surface area (Å²) in [5.41, 5.74) is 0.887. The maximum absolute atomic E-state index is 12.7. The average molecular weight is 363 g/mol. The molecule has 3 aromatic rings. The molecule has 4 heteroatoms. The van der Waals surface area contributed by atoms with Crippen molar-refractivity contribution in [3.05, 3.63) is 66.2 Å². The Bertz CT molecular complexity index is 906. The van der Waals surface area contributed by atoms with Crippen LogP contribution in [0.4, 0.5) is 5.69 Å². The minimum absolute atomic E-state index is 0.0302. The molecule has 2 N–H and O–H groups in total. The van der Waals surface area contributed by atoms with Gasteiger partial charge in [-0.25, -0.2) is 0 Å². The maximum atomic E-state index is 12.7. The van der Waals surface area contributed by atoms with E-state index in [-0.39, 0.29) is 17.2 Å². The van der Waals surface area contributed by atoms with Crippen molar-refractivity contribution in [3.63, 3.8) is 0 Å². The number of para-hydroxylation sites is 1. The van der Waals surface area contributed by atoms with Crippen LogP contribution in [-0.4, -0.2) is 17.6 Å². The fraction of sp³-hybridized carbons (Fsp3) is 0.261. The molecule has 0 heterocycles. The molecule has 0 atom stereocenters. The highest BCUT2D eigenvalue weighted by Gasteiger charge is 2.18. The van der Waals surface area contributed by atoms with Gasteiger partial charge < -0.3 is 15.2 Å². The number of benzene rings is 3. The lowest BCUT2D eigenvalue weighted by Crippen LogP contribution is -2.12. The third-order valence-corrected chi connectivity index (χ3v) is 4.51. The Balaban J connectivity index is 1.88. The molecule has 3 rings (SSSR count). The summed E-state index contributed by atoms with van der Waals surface area (Å²) in [7, 11) is 0. The number of fused-ring (bicyclic) bond motifs is 1. The lowest BCUT2D eigenvalue weighted by molar-refractivity contribution is 0.102. The molecule has 0 spiro atoms. The van der Waals surface area contributed by atoms with Gasteiger partial charge in [0, 0.05) is 16.5 Å². The van der Waals surface area contributed by atoms with E-state index in [1.807, 2.05) is 36.4 Å². The highest BCUT2D eigenvalue weighted by atomic mass is 16.5. The van der Waals surface area contributed by atoms with Crippen molar-refractivity contribution in [2.45, 2.75) is 32.6 Å². The van der Waals surface area contributed by atoms with Crippen molar-refractivity contribution < 1.29 is 14.6 Å². The summed E-state index contributed by atoms with van der Waals surface area (Å²) in [5, 5.41) is 14.9. The number of unbranched alkanes of at least 4 members (excludes halogenated alkanes) is 3. The molecular weight excluding hydrogens is 338 g/mol. The van der Waals surface area contributed by atoms with E-state index in [4.69, 9.17) is 4.74 Å². The number of aromatic hydroxyl groups is 1. The lowest BCUT2D eigenvalue weighted by atomic mass is 10.0. The summed E-state index contributed by atoms with van der Waals surface area (Å²) in [6, 6.07) is 18.3. The third-order valence-electron chi connectivity index (χ3n) is 4.51. The lowest BCUT2D eigenvalue weighted by Gasteiger charge is -2.14. The van der Waals surface area contributed by atoms with Gasteiger partial charge in [0.15, 0.2) is 0 Å². The second-order valence-corrected chi connectivity index (χ2v) is 6.55. The molecule has 1 amide bonds. The van der Waals surface area contributed by atoms with Crippen molar-refractivity contribution in [2.24, 2.45) is 0 Å². The topological polar surface area (TPSA) is 58.6 Å². The summed E-state index contributed by atoms with van der Waals surface area (Å²) in [6.45, 7) is 2.76. The second kappa shape index (κ2) is 9.08. The number of rotatable bonds is 8. The van der Waals surface area contributed by atoms with Crippen LogP contribution in [-0.2, 0) is 0 Å². The Kier molecular flexibility index (Phi) is 6.31. The fourth-order valence-electron chi connectivity index (χ4n) is 3.05. The summed E-state index contributed by atoms with van der Waals surface area (Å²) in [5.74, 6) is 0.232. The molecule has 0 fully saturated rings. The highest BCUT2D eigenvalue weighted by molar-refractivity contribution is 6.11. The van der Waals surface area contributed by atoms with Crippen molar-refractivity contribution in [1.29, 1.82) is 0 Å². The Hall–Kier alpha value is -3.01. The van der Waals surface area contributed by atoms with Crippen LogP contribution < -0.4 is 10.1 Å². The van der Waals surface area contributed by atoms with E-state index >= 15 is 0 Å². The van der Waals surface area contributed by atoms with Crippen molar-refractivity contribution in [1.82, 2.24) is 0 Å². The predicted molar refractivity (Wildman–Crippen MR) is 110 cm³/mol. The molecule has 0 aliphatic heterocycles. The van der Waals surface area contributed by atoms with E-state index in [0.717, 1.165) is 18.2 Å². The molecule has 0 aliphatic rings. The number of carbonyl (C=O) groups excluding carboxylic acids is 1. The van der Waals surface area contributed by atoms with E-state index in [1.54, 1.807) is 24.3 Å². The average Bonchev–Trinajstić information content (AvgIpc) is 2.70. The largest absolute Gasteiger partial charge is 0.506 e. The van der Waals surface area contributed by atoms with Crippen LogP contribution in [0.25, 0.3) is 10.8 Å². The summed E-state index contributed by atoms with van der Waals surface area (Å²) >= 11 is 0. The quantitative estimate of drug-likeness (QED) is 0.501. The molecule has 0 unspecified atom stereocenters. The van der Waals surface area contributed by atoms with Crippen LogP contribution in [0.15, 0.2) is 60.7 Å². The van der Waals surface area contributed by atoms with Crippen LogP contribution in [0.2, 0.25) is 0 Å². The van der Waals surface area contributed by atoms with E-state index in [1.165, 1.54) is 12.8 Å². The number of hydrogen-bond donors (Lipinski definition) is 2. The minimum atomic E-state index is -0.361. The summed E-state index contributed by atoms with van der Waals surface area (Å²) in [4.78, 5) is 12.7. The zero-order chi connectivity index (χ0) is 19.1. The first-order valence-electron chi connectivity index (χ1n) is 9.44. The molecule has 0 bridgehead atoms. The van der Waals surface area contributed by atoms with Crippen molar-refractivity contribution in [3.8, 4) is 11.5 Å². The Morgan fingerprint density at radius 3 is 2.41 bits per heavy atom. The normalized spacial score (nSPS) is 10.7. The minimum Gasteiger partial charge on any atom is -0.506 e. The molecular formula is C23H25NO3. The number of carbonyl (C=O) groups is 1. The second-order valence-electron chi connectivity index (χ2n) is 6.55. The van der Waals surface area contributed by atoms with Crippen LogP contribution in [0, 0.1) is 0 Å². The van der Waals surface area contributed by atoms with E-state index < -0.39 is 0 Å². The molecule has 0 saturated heterocycles. The van der Waals surface area contributed by atoms with Crippen LogP contribution >= 0.6 is 0 Å². The molecule has 0 radical (unpaired) electrons. The van der Waals surface area contributed by atoms with Crippen LogP contribution in [0.3, 0.4) is 0 Å². The van der Waals surface area contributed by atoms with Gasteiger partial charge in [0.1, 0.15) is 11.5 Å². The van der Waals surface area contributed by atoms with Gasteiger partial charge in [-0.05, 0) is 24.6 Å². The number of anilines is 1. The monoisotopic (exact) mass is 363 g/mol. The first-order valence-corrected chi connectivity index (χ1v) is 9.44. The number of ether oxygens (including phenoxy) is 1. The SMILES string of the molecule is CCCCCCOc1cc(C(=O)Nc2ccccc2)c(O)c2ccccc12. The van der Waals surface area contributed by atoms with E-state index in [9.17, 15) is 9.90 Å². The first kappa shape index (κ1) is 18.8. The highest BCUT2D eigenvalue weighted by Crippen LogP contribution is 2.36. The number of amides is 1. The zero-order valence-corrected chi connectivity index (χ0v) is 15.6. The number of phenolic OH excluding ortho intramolecular Hbond substituents is 1. The predicted octanol–water partition coefficient (Wildman–Crippen LogP) is 5.76. The molecule has 0 saturated carbocycles. The van der Waals surface area contributed by atoms with Gasteiger partial charge in [-0.3, -0.25) is 4.79 Å². The number of hydrogen-bond acceptors (Lipinski definition) is 3. The van der Waals surface area contributed by atoms with Gasteiger partial charge in [-0.1, -0.05) is 68.7 Å². The molecule has 140 valence electrons. The van der Waals surface area contributed by atoms with Crippen molar-refractivity contribution in [2.75, 3.05) is 11.9 Å². The van der Waals surface area contributed by atoms with Gasteiger partial charge >= 0.3 is 0 Å². The Morgan fingerprint density at radius 1 is 0.963 bits per heavy atom. The standard InChI is InChI=1S/C23H25NO3/c1-2-3-4-10-15-27-21-16-20(22(25)19-14-9-8-13-18(19)21)23(26)24-17-11-6-5-7-12-17/h5-9,11-14,16,25H,2-4,10,15H2,1H3,(H,24,26). The maximum Gasteiger partial charge on any atom is 0.259 e. The van der Waals surface area contributed by atoms with Gasteiger partial charge in [-0.15, -0.1) is 0 Å². The molecule has 3 aromatic carbocycles. The zero-order valence-electron chi connectivity index (χ0n) is 15.6. The third kappa shape index (κ3) is 4.59. The number of phenols is 1. The first-order chi connectivity index (χ1) is 13.2. The summed E-state index contributed by atoms with van der Waals surface area (Å²) in [6.07, 6.45) is 4.44. The van der Waals surface area contributed by atoms with Gasteiger partial charge in [0.2, 0.25) is 0 Å². The van der Waals surface area contributed by atoms with Gasteiger partial charge in [0.05, 0.1) is 12.2 Å². The van der Waals surface area contributed by atoms with Crippen LogP contribution in [0.5, 0.6) is 11.5 Å². The van der Waals surface area contributed by atoms with E-state index in [0.29, 0.717) is 23.4 Å². The molecule has 0 aliphatic carbocycles. The molecule has 27 heavy (non-hydrogen) atoms. The van der Waals surface area contributed by atoms with Gasteiger partial charge in [0.25, 0.3) is 5.91 Å². The number of nitrogens with one attached hydrogen (secondary N) is 1. The van der Waals surface area contributed by atoms with Gasteiger partial charge in [-0.2, -0.15) is 0 Å². The van der Waals surface area contributed by atoms with Crippen molar-refractivity contribution >= 4 is 22.4 Å². The summed E-state index contributed by atoms with van der Waals surface area (Å²) < 4.78 is 5.97. The van der Waals surface area contributed by atoms with Crippen LogP contribution in [0.1, 0.15) is 43.0 Å². The molecule has 0 aromatic heterocycles. The Morgan fingerprint density at radius 2 is 1.67 bits per heavy atom. The van der Waals surface area contributed by atoms with E-state index in [2.05, 4.69) is 12.2 Å². The molecule has 4 nitrogen and oxygen atoms in total. The Labute approximate surface area is 159 Å². The fourth-order valence-corrected chi connectivity index (χ4v) is 3.05. The smallest absolute Gasteiger partial charge is 0.259 e.